The maximum absolute atomic E-state index is 13.8. The first-order valence-electron chi connectivity index (χ1n) is 8.22. The first kappa shape index (κ1) is 22.7. The van der Waals surface area contributed by atoms with Crippen molar-refractivity contribution in [1.29, 1.82) is 5.26 Å². The number of amides is 1. The minimum atomic E-state index is -4.14. The Labute approximate surface area is 169 Å². The lowest BCUT2D eigenvalue weighted by atomic mass is 10.1. The highest BCUT2D eigenvalue weighted by atomic mass is 32.2. The summed E-state index contributed by atoms with van der Waals surface area (Å²) < 4.78 is 49.4. The molecule has 0 aliphatic carbocycles. The first-order valence-corrected chi connectivity index (χ1v) is 9.76. The molecule has 30 heavy (non-hydrogen) atoms. The average molecular weight is 439 g/mol. The number of sulfonamides is 1. The second kappa shape index (κ2) is 9.25. The highest BCUT2D eigenvalue weighted by Crippen LogP contribution is 2.27. The van der Waals surface area contributed by atoms with Crippen LogP contribution in [0.1, 0.15) is 18.0 Å². The molecule has 1 amide bonds. The van der Waals surface area contributed by atoms with Gasteiger partial charge in [0.25, 0.3) is 5.69 Å². The van der Waals surface area contributed by atoms with Crippen LogP contribution in [-0.2, 0) is 14.8 Å². The highest BCUT2D eigenvalue weighted by Gasteiger charge is 2.20. The second-order valence-corrected chi connectivity index (χ2v) is 7.51. The number of halogens is 2. The van der Waals surface area contributed by atoms with Crippen molar-refractivity contribution in [1.82, 2.24) is 5.32 Å². The highest BCUT2D eigenvalue weighted by molar-refractivity contribution is 7.89. The molecule has 2 rings (SSSR count). The lowest BCUT2D eigenvalue weighted by Gasteiger charge is -2.13. The third kappa shape index (κ3) is 5.69. The summed E-state index contributed by atoms with van der Waals surface area (Å²) in [6, 6.07) is 5.86. The minimum absolute atomic E-state index is 0.0541. The molecular formula is C17H15F2N5O5S. The Balaban J connectivity index is 2.03. The van der Waals surface area contributed by atoms with E-state index in [1.165, 1.54) is 0 Å². The molecule has 0 bridgehead atoms. The quantitative estimate of drug-likeness (QED) is 0.415. The summed E-state index contributed by atoms with van der Waals surface area (Å²) >= 11 is 0. The molecule has 1 atom stereocenters. The molecule has 0 saturated carbocycles. The van der Waals surface area contributed by atoms with Gasteiger partial charge in [0.05, 0.1) is 15.9 Å². The minimum Gasteiger partial charge on any atom is -0.379 e. The Morgan fingerprint density at radius 1 is 1.27 bits per heavy atom. The molecule has 13 heteroatoms. The fourth-order valence-electron chi connectivity index (χ4n) is 2.45. The van der Waals surface area contributed by atoms with Gasteiger partial charge < -0.3 is 10.6 Å². The van der Waals surface area contributed by atoms with E-state index in [2.05, 4.69) is 10.6 Å². The summed E-state index contributed by atoms with van der Waals surface area (Å²) in [5.74, 6) is -2.51. The summed E-state index contributed by atoms with van der Waals surface area (Å²) in [5, 5.41) is 30.1. The van der Waals surface area contributed by atoms with Crippen molar-refractivity contribution in [2.24, 2.45) is 5.14 Å². The van der Waals surface area contributed by atoms with Crippen LogP contribution in [-0.4, -0.2) is 25.8 Å². The van der Waals surface area contributed by atoms with Crippen molar-refractivity contribution in [3.63, 3.8) is 0 Å². The van der Waals surface area contributed by atoms with E-state index < -0.39 is 49.1 Å². The van der Waals surface area contributed by atoms with Crippen LogP contribution >= 0.6 is 0 Å². The zero-order valence-electron chi connectivity index (χ0n) is 15.1. The van der Waals surface area contributed by atoms with Gasteiger partial charge >= 0.3 is 0 Å². The number of hydrogen-bond acceptors (Lipinski definition) is 7. The molecule has 2 aromatic rings. The molecule has 2 aromatic carbocycles. The van der Waals surface area contributed by atoms with Crippen molar-refractivity contribution in [2.75, 3.05) is 11.9 Å². The van der Waals surface area contributed by atoms with Gasteiger partial charge in [0.1, 0.15) is 23.4 Å². The van der Waals surface area contributed by atoms with Gasteiger partial charge in [-0.25, -0.2) is 22.3 Å². The van der Waals surface area contributed by atoms with Gasteiger partial charge in [-0.15, -0.1) is 0 Å². The monoisotopic (exact) mass is 439 g/mol. The van der Waals surface area contributed by atoms with E-state index in [1.54, 1.807) is 6.07 Å². The van der Waals surface area contributed by atoms with Crippen LogP contribution in [0, 0.1) is 33.1 Å². The van der Waals surface area contributed by atoms with Gasteiger partial charge in [-0.05, 0) is 18.2 Å². The lowest BCUT2D eigenvalue weighted by molar-refractivity contribution is -0.384. The van der Waals surface area contributed by atoms with Gasteiger partial charge in [0, 0.05) is 30.7 Å². The number of nitrogens with zero attached hydrogens (tertiary/aromatic N) is 2. The van der Waals surface area contributed by atoms with Crippen LogP contribution in [0.25, 0.3) is 0 Å². The molecule has 1 unspecified atom stereocenters. The summed E-state index contributed by atoms with van der Waals surface area (Å²) in [5.41, 5.74) is -0.832. The normalized spacial score (nSPS) is 11.9. The van der Waals surface area contributed by atoms with Gasteiger partial charge in [-0.2, -0.15) is 5.26 Å². The molecule has 4 N–H and O–H groups in total. The number of benzene rings is 2. The number of hydrogen-bond donors (Lipinski definition) is 3. The third-order valence-electron chi connectivity index (χ3n) is 3.87. The Kier molecular flexibility index (Phi) is 6.98. The van der Waals surface area contributed by atoms with E-state index >= 15 is 0 Å². The van der Waals surface area contributed by atoms with E-state index in [0.29, 0.717) is 6.07 Å². The van der Waals surface area contributed by atoms with E-state index in [9.17, 15) is 32.1 Å². The number of carbonyl (C=O) groups excluding carboxylic acids is 1. The molecule has 0 aliphatic rings. The predicted octanol–water partition coefficient (Wildman–Crippen LogP) is 1.70. The average Bonchev–Trinajstić information content (AvgIpc) is 2.65. The van der Waals surface area contributed by atoms with Crippen LogP contribution in [0.15, 0.2) is 41.3 Å². The van der Waals surface area contributed by atoms with Gasteiger partial charge in [0.15, 0.2) is 0 Å². The van der Waals surface area contributed by atoms with Crippen LogP contribution in [0.3, 0.4) is 0 Å². The van der Waals surface area contributed by atoms with Gasteiger partial charge in [-0.1, -0.05) is 6.07 Å². The molecule has 0 fully saturated rings. The number of nitro benzene ring substituents is 1. The van der Waals surface area contributed by atoms with Crippen LogP contribution in [0.5, 0.6) is 0 Å². The third-order valence-corrected chi connectivity index (χ3v) is 4.78. The van der Waals surface area contributed by atoms with Gasteiger partial charge in [0.2, 0.25) is 15.9 Å². The Morgan fingerprint density at radius 2 is 1.97 bits per heavy atom. The SMILES string of the molecule is N#CC(NC(=O)CCNc1ccc(S(N)(=O)=O)cc1[N+](=O)[O-])c1ccc(F)cc1F. The van der Waals surface area contributed by atoms with Crippen molar-refractivity contribution in [2.45, 2.75) is 17.4 Å². The predicted molar refractivity (Wildman–Crippen MR) is 100 cm³/mol. The van der Waals surface area contributed by atoms with E-state index in [1.807, 2.05) is 0 Å². The van der Waals surface area contributed by atoms with Crippen LogP contribution < -0.4 is 15.8 Å². The van der Waals surface area contributed by atoms with Crippen molar-refractivity contribution in [3.05, 3.63) is 63.7 Å². The number of nitro groups is 1. The van der Waals surface area contributed by atoms with Crippen LogP contribution in [0.4, 0.5) is 20.2 Å². The zero-order valence-corrected chi connectivity index (χ0v) is 15.9. The maximum atomic E-state index is 13.8. The topological polar surface area (TPSA) is 168 Å². The largest absolute Gasteiger partial charge is 0.379 e. The zero-order chi connectivity index (χ0) is 22.5. The summed E-state index contributed by atoms with van der Waals surface area (Å²) in [4.78, 5) is 21.9. The second-order valence-electron chi connectivity index (χ2n) is 5.95. The number of rotatable bonds is 8. The summed E-state index contributed by atoms with van der Waals surface area (Å²) in [6.07, 6.45) is -0.255. The Bertz CT molecular complexity index is 1130. The van der Waals surface area contributed by atoms with E-state index in [4.69, 9.17) is 10.4 Å². The number of primary sulfonamides is 1. The molecule has 0 aliphatic heterocycles. The number of carbonyl (C=O) groups is 1. The molecule has 0 spiro atoms. The van der Waals surface area contributed by atoms with E-state index in [-0.39, 0.29) is 24.2 Å². The molecule has 10 nitrogen and oxygen atoms in total. The number of anilines is 1. The molecule has 0 heterocycles. The summed E-state index contributed by atoms with van der Waals surface area (Å²) in [6.45, 7) is -0.120. The number of nitrogens with one attached hydrogen (secondary N) is 2. The number of nitriles is 1. The maximum Gasteiger partial charge on any atom is 0.293 e. The lowest BCUT2D eigenvalue weighted by Crippen LogP contribution is -2.29. The standard InChI is InChI=1S/C17H15F2N5O5S/c18-10-1-3-12(13(19)7-10)15(9-20)23-17(25)5-6-22-14-4-2-11(30(21,28)29)8-16(14)24(26)27/h1-4,7-8,15,22H,5-6H2,(H,23,25)(H2,21,28,29). The molecule has 158 valence electrons. The number of nitrogens with two attached hydrogens (primary N) is 1. The van der Waals surface area contributed by atoms with Crippen molar-refractivity contribution >= 4 is 27.3 Å². The van der Waals surface area contributed by atoms with E-state index in [0.717, 1.165) is 30.3 Å². The smallest absolute Gasteiger partial charge is 0.293 e. The molecular weight excluding hydrogens is 424 g/mol. The molecule has 0 radical (unpaired) electrons. The van der Waals surface area contributed by atoms with Crippen molar-refractivity contribution < 1.29 is 26.9 Å². The Morgan fingerprint density at radius 3 is 2.53 bits per heavy atom. The van der Waals surface area contributed by atoms with Crippen molar-refractivity contribution in [3.8, 4) is 6.07 Å². The fraction of sp³-hybridized carbons (Fsp3) is 0.176. The Hall–Kier alpha value is -3.63. The first-order chi connectivity index (χ1) is 14.0. The van der Waals surface area contributed by atoms with Crippen LogP contribution in [0.2, 0.25) is 0 Å². The fourth-order valence-corrected chi connectivity index (χ4v) is 2.98. The molecule has 0 saturated heterocycles. The summed E-state index contributed by atoms with van der Waals surface area (Å²) in [7, 11) is -4.14. The molecule has 0 aromatic heterocycles. The van der Waals surface area contributed by atoms with Gasteiger partial charge in [-0.3, -0.25) is 14.9 Å².